The lowest BCUT2D eigenvalue weighted by molar-refractivity contribution is 0.122. The Morgan fingerprint density at radius 2 is 1.68 bits per heavy atom. The average Bonchev–Trinajstić information content (AvgIpc) is 2.80. The van der Waals surface area contributed by atoms with Gasteiger partial charge in [0.2, 0.25) is 16.0 Å². The number of hydrogen-bond acceptors (Lipinski definition) is 8. The highest BCUT2D eigenvalue weighted by molar-refractivity contribution is 7.89. The Kier molecular flexibility index (Phi) is 6.89. The molecule has 2 aliphatic rings. The highest BCUT2D eigenvalue weighted by Crippen LogP contribution is 2.20. The Bertz CT molecular complexity index is 959. The smallest absolute Gasteiger partial charge is 0.227 e. The first-order valence-electron chi connectivity index (χ1n) is 10.6. The summed E-state index contributed by atoms with van der Waals surface area (Å²) in [6.07, 6.45) is 0. The second-order valence-corrected chi connectivity index (χ2v) is 9.72. The summed E-state index contributed by atoms with van der Waals surface area (Å²) in [6.45, 7) is 7.07. The molecule has 3 heterocycles. The van der Waals surface area contributed by atoms with E-state index >= 15 is 0 Å². The standard InChI is InChI=1S/C21H29N5O4S/c1-18-17-20(24-11-13-29-14-12-24)23-21(22-18)25-7-9-26(10-8-25)31(27,28)16-15-30-19-5-3-2-4-6-19/h2-6,17H,7-16H2,1H3. The van der Waals surface area contributed by atoms with Crippen molar-refractivity contribution in [3.63, 3.8) is 0 Å². The summed E-state index contributed by atoms with van der Waals surface area (Å²) in [7, 11) is -3.37. The van der Waals surface area contributed by atoms with Crippen LogP contribution in [0.5, 0.6) is 5.75 Å². The highest BCUT2D eigenvalue weighted by atomic mass is 32.2. The third-order valence-electron chi connectivity index (χ3n) is 5.43. The summed E-state index contributed by atoms with van der Waals surface area (Å²) >= 11 is 0. The van der Waals surface area contributed by atoms with Crippen LogP contribution in [0.4, 0.5) is 11.8 Å². The average molecular weight is 448 g/mol. The van der Waals surface area contributed by atoms with Gasteiger partial charge in [-0.2, -0.15) is 9.29 Å². The first kappa shape index (κ1) is 21.8. The molecular weight excluding hydrogens is 418 g/mol. The molecule has 1 aromatic heterocycles. The quantitative estimate of drug-likeness (QED) is 0.625. The number of hydrogen-bond donors (Lipinski definition) is 0. The second kappa shape index (κ2) is 9.80. The van der Waals surface area contributed by atoms with Crippen molar-refractivity contribution in [3.8, 4) is 5.75 Å². The van der Waals surface area contributed by atoms with Crippen LogP contribution in [0, 0.1) is 6.92 Å². The Labute approximate surface area is 183 Å². The molecule has 0 aliphatic carbocycles. The minimum Gasteiger partial charge on any atom is -0.492 e. The van der Waals surface area contributed by atoms with Gasteiger partial charge in [-0.05, 0) is 19.1 Å². The molecule has 31 heavy (non-hydrogen) atoms. The summed E-state index contributed by atoms with van der Waals surface area (Å²) in [5.41, 5.74) is 0.902. The molecule has 9 nitrogen and oxygen atoms in total. The largest absolute Gasteiger partial charge is 0.492 e. The number of aryl methyl sites for hydroxylation is 1. The van der Waals surface area contributed by atoms with Crippen LogP contribution < -0.4 is 14.5 Å². The van der Waals surface area contributed by atoms with Crippen molar-refractivity contribution in [2.45, 2.75) is 6.92 Å². The summed E-state index contributed by atoms with van der Waals surface area (Å²) in [5.74, 6) is 2.20. The van der Waals surface area contributed by atoms with Crippen LogP contribution in [-0.4, -0.2) is 87.5 Å². The van der Waals surface area contributed by atoms with Crippen molar-refractivity contribution < 1.29 is 17.9 Å². The van der Waals surface area contributed by atoms with Gasteiger partial charge in [0, 0.05) is 51.0 Å². The highest BCUT2D eigenvalue weighted by Gasteiger charge is 2.28. The van der Waals surface area contributed by atoms with Crippen LogP contribution >= 0.6 is 0 Å². The third kappa shape index (κ3) is 5.63. The van der Waals surface area contributed by atoms with Gasteiger partial charge in [0.25, 0.3) is 0 Å². The Morgan fingerprint density at radius 1 is 0.968 bits per heavy atom. The van der Waals surface area contributed by atoms with E-state index < -0.39 is 10.0 Å². The van der Waals surface area contributed by atoms with Gasteiger partial charge in [0.15, 0.2) is 0 Å². The molecule has 168 valence electrons. The number of rotatable bonds is 7. The zero-order chi connectivity index (χ0) is 21.7. The SMILES string of the molecule is Cc1cc(N2CCOCC2)nc(N2CCN(S(=O)(=O)CCOc3ccccc3)CC2)n1. The molecule has 2 aliphatic heterocycles. The van der Waals surface area contributed by atoms with Gasteiger partial charge in [0.1, 0.15) is 18.2 Å². The molecule has 0 N–H and O–H groups in total. The van der Waals surface area contributed by atoms with Crippen LogP contribution in [0.2, 0.25) is 0 Å². The lowest BCUT2D eigenvalue weighted by Crippen LogP contribution is -2.50. The predicted molar refractivity (Wildman–Crippen MR) is 119 cm³/mol. The van der Waals surface area contributed by atoms with E-state index in [1.165, 1.54) is 4.31 Å². The minimum absolute atomic E-state index is 0.0377. The number of morpholine rings is 1. The van der Waals surface area contributed by atoms with Gasteiger partial charge in [-0.3, -0.25) is 0 Å². The Morgan fingerprint density at radius 3 is 2.39 bits per heavy atom. The van der Waals surface area contributed by atoms with Crippen molar-refractivity contribution in [2.24, 2.45) is 0 Å². The predicted octanol–water partition coefficient (Wildman–Crippen LogP) is 1.15. The van der Waals surface area contributed by atoms with Crippen molar-refractivity contribution >= 4 is 21.8 Å². The van der Waals surface area contributed by atoms with Crippen molar-refractivity contribution in [2.75, 3.05) is 74.6 Å². The van der Waals surface area contributed by atoms with E-state index in [-0.39, 0.29) is 12.4 Å². The number of para-hydroxylation sites is 1. The van der Waals surface area contributed by atoms with Crippen LogP contribution in [0.1, 0.15) is 5.69 Å². The van der Waals surface area contributed by atoms with E-state index in [0.29, 0.717) is 51.1 Å². The fraction of sp³-hybridized carbons (Fsp3) is 0.524. The molecule has 0 saturated carbocycles. The fourth-order valence-corrected chi connectivity index (χ4v) is 4.98. The molecule has 0 amide bonds. The fourth-order valence-electron chi connectivity index (χ4n) is 3.71. The van der Waals surface area contributed by atoms with Crippen molar-refractivity contribution in [3.05, 3.63) is 42.1 Å². The van der Waals surface area contributed by atoms with Gasteiger partial charge in [-0.1, -0.05) is 18.2 Å². The van der Waals surface area contributed by atoms with Crippen LogP contribution in [0.3, 0.4) is 0 Å². The zero-order valence-corrected chi connectivity index (χ0v) is 18.6. The third-order valence-corrected chi connectivity index (χ3v) is 7.27. The van der Waals surface area contributed by atoms with E-state index in [4.69, 9.17) is 14.5 Å². The number of piperazine rings is 1. The summed E-state index contributed by atoms with van der Waals surface area (Å²) in [6, 6.07) is 11.2. The molecule has 2 saturated heterocycles. The topological polar surface area (TPSA) is 88.1 Å². The second-order valence-electron chi connectivity index (χ2n) is 7.63. The summed E-state index contributed by atoms with van der Waals surface area (Å²) in [4.78, 5) is 13.6. The molecule has 2 fully saturated rings. The maximum absolute atomic E-state index is 12.7. The van der Waals surface area contributed by atoms with Gasteiger partial charge in [0.05, 0.1) is 19.0 Å². The summed E-state index contributed by atoms with van der Waals surface area (Å²) in [5, 5.41) is 0. The van der Waals surface area contributed by atoms with Gasteiger partial charge < -0.3 is 19.3 Å². The van der Waals surface area contributed by atoms with E-state index in [9.17, 15) is 8.42 Å². The van der Waals surface area contributed by atoms with E-state index in [1.54, 1.807) is 0 Å². The minimum atomic E-state index is -3.37. The molecule has 0 spiro atoms. The molecule has 0 bridgehead atoms. The molecule has 0 atom stereocenters. The molecule has 0 radical (unpaired) electrons. The normalized spacial score (nSPS) is 18.2. The van der Waals surface area contributed by atoms with Crippen molar-refractivity contribution in [1.82, 2.24) is 14.3 Å². The Hall–Kier alpha value is -2.43. The monoisotopic (exact) mass is 447 g/mol. The number of sulfonamides is 1. The molecule has 2 aromatic rings. The number of benzene rings is 1. The number of ether oxygens (including phenoxy) is 2. The lowest BCUT2D eigenvalue weighted by Gasteiger charge is -2.35. The lowest BCUT2D eigenvalue weighted by atomic mass is 10.3. The molecule has 10 heteroatoms. The first-order chi connectivity index (χ1) is 15.0. The number of anilines is 2. The zero-order valence-electron chi connectivity index (χ0n) is 17.8. The molecule has 0 unspecified atom stereocenters. The van der Waals surface area contributed by atoms with E-state index in [2.05, 4.69) is 14.8 Å². The maximum atomic E-state index is 12.7. The van der Waals surface area contributed by atoms with Gasteiger partial charge in [-0.15, -0.1) is 0 Å². The molecular formula is C21H29N5O4S. The van der Waals surface area contributed by atoms with Crippen molar-refractivity contribution in [1.29, 1.82) is 0 Å². The Balaban J connectivity index is 1.33. The van der Waals surface area contributed by atoms with Crippen LogP contribution in [0.25, 0.3) is 0 Å². The van der Waals surface area contributed by atoms with Gasteiger partial charge >= 0.3 is 0 Å². The summed E-state index contributed by atoms with van der Waals surface area (Å²) < 4.78 is 37.9. The number of nitrogens with zero attached hydrogens (tertiary/aromatic N) is 5. The maximum Gasteiger partial charge on any atom is 0.227 e. The van der Waals surface area contributed by atoms with E-state index in [1.807, 2.05) is 43.3 Å². The van der Waals surface area contributed by atoms with E-state index in [0.717, 1.165) is 24.6 Å². The first-order valence-corrected chi connectivity index (χ1v) is 12.2. The number of aromatic nitrogens is 2. The molecule has 1 aromatic carbocycles. The van der Waals surface area contributed by atoms with Crippen LogP contribution in [0.15, 0.2) is 36.4 Å². The molecule has 4 rings (SSSR count). The van der Waals surface area contributed by atoms with Crippen LogP contribution in [-0.2, 0) is 14.8 Å². The van der Waals surface area contributed by atoms with Gasteiger partial charge in [-0.25, -0.2) is 13.4 Å².